The molecule has 0 aliphatic carbocycles. The van der Waals surface area contributed by atoms with Crippen molar-refractivity contribution in [1.29, 1.82) is 0 Å². The quantitative estimate of drug-likeness (QED) is 0.196. The predicted molar refractivity (Wildman–Crippen MR) is 192 cm³/mol. The maximum absolute atomic E-state index is 13.9. The number of amides is 5. The third-order valence-corrected chi connectivity index (χ3v) is 9.02. The number of nitrogens with zero attached hydrogens (tertiary/aromatic N) is 4. The Balaban J connectivity index is 1.41. The van der Waals surface area contributed by atoms with Gasteiger partial charge in [-0.25, -0.2) is 0 Å². The predicted octanol–water partition coefficient (Wildman–Crippen LogP) is 1.81. The van der Waals surface area contributed by atoms with Crippen LogP contribution in [0, 0.1) is 13.8 Å². The van der Waals surface area contributed by atoms with Gasteiger partial charge in [0, 0.05) is 50.7 Å². The van der Waals surface area contributed by atoms with Crippen molar-refractivity contribution in [2.75, 3.05) is 13.1 Å². The molecule has 2 bridgehead atoms. The summed E-state index contributed by atoms with van der Waals surface area (Å²) >= 11 is 0. The molecule has 0 unspecified atom stereocenters. The van der Waals surface area contributed by atoms with Crippen molar-refractivity contribution in [2.45, 2.75) is 78.2 Å². The van der Waals surface area contributed by atoms with E-state index in [9.17, 15) is 28.8 Å². The van der Waals surface area contributed by atoms with Crippen LogP contribution < -0.4 is 21.3 Å². The Morgan fingerprint density at radius 1 is 0.849 bits per heavy atom. The average Bonchev–Trinajstić information content (AvgIpc) is 3.72. The van der Waals surface area contributed by atoms with Gasteiger partial charge < -0.3 is 30.7 Å². The number of carbonyl (C=O) groups excluding carboxylic acids is 6. The van der Waals surface area contributed by atoms with Crippen LogP contribution in [0.4, 0.5) is 0 Å². The molecule has 0 spiro atoms. The molecule has 3 atom stereocenters. The van der Waals surface area contributed by atoms with Gasteiger partial charge in [-0.15, -0.1) is 0 Å². The van der Waals surface area contributed by atoms with Gasteiger partial charge in [0.25, 0.3) is 5.91 Å². The highest BCUT2D eigenvalue weighted by molar-refractivity contribution is 5.98. The average molecular weight is 725 g/mol. The van der Waals surface area contributed by atoms with Crippen LogP contribution in [0.15, 0.2) is 71.3 Å². The lowest BCUT2D eigenvalue weighted by atomic mass is 10.0. The van der Waals surface area contributed by atoms with Gasteiger partial charge >= 0.3 is 0 Å². The molecule has 4 N–H and O–H groups in total. The van der Waals surface area contributed by atoms with Gasteiger partial charge in [0.1, 0.15) is 18.1 Å². The molecule has 0 radical (unpaired) electrons. The van der Waals surface area contributed by atoms with E-state index in [0.29, 0.717) is 17.0 Å². The maximum Gasteiger partial charge on any atom is 0.274 e. The van der Waals surface area contributed by atoms with Gasteiger partial charge in [-0.1, -0.05) is 65.8 Å². The summed E-state index contributed by atoms with van der Waals surface area (Å²) in [5.74, 6) is -2.61. The Kier molecular flexibility index (Phi) is 12.5. The number of benzene rings is 2. The van der Waals surface area contributed by atoms with Crippen molar-refractivity contribution >= 4 is 35.3 Å². The topological polar surface area (TPSA) is 198 Å². The van der Waals surface area contributed by atoms with Crippen molar-refractivity contribution < 1.29 is 33.3 Å². The second-order valence-corrected chi connectivity index (χ2v) is 13.1. The summed E-state index contributed by atoms with van der Waals surface area (Å²) in [5.41, 5.74) is 3.20. The van der Waals surface area contributed by atoms with Crippen molar-refractivity contribution in [2.24, 2.45) is 0 Å². The molecule has 53 heavy (non-hydrogen) atoms. The maximum atomic E-state index is 13.9. The van der Waals surface area contributed by atoms with E-state index in [1.54, 1.807) is 18.5 Å². The van der Waals surface area contributed by atoms with Crippen molar-refractivity contribution in [3.8, 4) is 0 Å². The van der Waals surface area contributed by atoms with Gasteiger partial charge in [0.15, 0.2) is 17.2 Å². The fourth-order valence-corrected chi connectivity index (χ4v) is 6.22. The zero-order valence-electron chi connectivity index (χ0n) is 30.2. The standard InChI is InChI=1S/C38H44N8O7/c1-23-34(26(4)47)25(3)46(43-23)17-15-33(48)45-18-16-39-36(50)30(19-27-11-7-5-8-12-27)42-37(51)31(20-28-13-9-6-10-14-28)41-35(49)24(2)40-38(52)32-21-29(22-45)53-44-32/h5-14,21,24,30-31H,15-20,22H2,1-4H3,(H,39,50)(H,40,52)(H,41,49)(H,42,51)/t24-,30+,31-/m0/s1. The van der Waals surface area contributed by atoms with Crippen molar-refractivity contribution in [3.05, 3.63) is 106 Å². The van der Waals surface area contributed by atoms with Crippen molar-refractivity contribution in [3.63, 3.8) is 0 Å². The van der Waals surface area contributed by atoms with Crippen LogP contribution >= 0.6 is 0 Å². The first-order valence-electron chi connectivity index (χ1n) is 17.4. The highest BCUT2D eigenvalue weighted by Crippen LogP contribution is 2.16. The van der Waals surface area contributed by atoms with Crippen LogP contribution in [0.25, 0.3) is 0 Å². The largest absolute Gasteiger partial charge is 0.359 e. The molecule has 0 saturated heterocycles. The first-order chi connectivity index (χ1) is 25.4. The van der Waals surface area contributed by atoms with E-state index in [4.69, 9.17) is 4.52 Å². The zero-order chi connectivity index (χ0) is 38.1. The molecule has 5 amide bonds. The second kappa shape index (κ2) is 17.4. The summed E-state index contributed by atoms with van der Waals surface area (Å²) in [7, 11) is 0. The highest BCUT2D eigenvalue weighted by atomic mass is 16.5. The van der Waals surface area contributed by atoms with Gasteiger partial charge in [-0.3, -0.25) is 33.4 Å². The van der Waals surface area contributed by atoms with E-state index in [0.717, 1.165) is 11.1 Å². The Bertz CT molecular complexity index is 1960. The monoisotopic (exact) mass is 724 g/mol. The minimum atomic E-state index is -1.09. The molecule has 278 valence electrons. The van der Waals surface area contributed by atoms with Gasteiger partial charge in [-0.05, 0) is 38.8 Å². The summed E-state index contributed by atoms with van der Waals surface area (Å²) in [6.45, 7) is 6.64. The van der Waals surface area contributed by atoms with Crippen LogP contribution in [0.2, 0.25) is 0 Å². The number of aromatic nitrogens is 3. The SMILES string of the molecule is CC(=O)c1c(C)nn(CCC(=O)N2CCNC(=O)[C@@H](Cc3ccccc3)NC(=O)[C@H](Cc3ccccc3)NC(=O)[C@H](C)NC(=O)c3cc(on3)C2)c1C. The summed E-state index contributed by atoms with van der Waals surface area (Å²) < 4.78 is 7.04. The van der Waals surface area contributed by atoms with E-state index in [1.165, 1.54) is 24.8 Å². The number of aryl methyl sites for hydroxylation is 2. The van der Waals surface area contributed by atoms with Gasteiger partial charge in [0.2, 0.25) is 23.6 Å². The van der Waals surface area contributed by atoms with Crippen LogP contribution in [0.1, 0.15) is 69.4 Å². The lowest BCUT2D eigenvalue weighted by Gasteiger charge is -2.26. The van der Waals surface area contributed by atoms with Gasteiger partial charge in [0.05, 0.1) is 17.8 Å². The number of Topliss-reactive ketones (excluding diaryl/α,β-unsaturated/α-hetero) is 1. The van der Waals surface area contributed by atoms with Crippen LogP contribution in [-0.4, -0.2) is 86.4 Å². The first-order valence-corrected chi connectivity index (χ1v) is 17.4. The van der Waals surface area contributed by atoms with E-state index in [2.05, 4.69) is 31.5 Å². The van der Waals surface area contributed by atoms with Crippen LogP contribution in [0.3, 0.4) is 0 Å². The summed E-state index contributed by atoms with van der Waals surface area (Å²) in [6.07, 6.45) is 0.290. The van der Waals surface area contributed by atoms with E-state index in [-0.39, 0.29) is 68.6 Å². The fraction of sp³-hybridized carbons (Fsp3) is 0.368. The van der Waals surface area contributed by atoms with Crippen molar-refractivity contribution in [1.82, 2.24) is 41.1 Å². The number of carbonyl (C=O) groups is 6. The normalized spacial score (nSPS) is 18.9. The summed E-state index contributed by atoms with van der Waals surface area (Å²) in [5, 5.41) is 19.3. The molecule has 1 aliphatic heterocycles. The minimum Gasteiger partial charge on any atom is -0.359 e. The Labute approximate surface area is 306 Å². The molecule has 3 heterocycles. The van der Waals surface area contributed by atoms with Crippen LogP contribution in [-0.2, 0) is 45.1 Å². The minimum absolute atomic E-state index is 0.0108. The molecule has 2 aromatic heterocycles. The lowest BCUT2D eigenvalue weighted by molar-refractivity contribution is -0.133. The third-order valence-electron chi connectivity index (χ3n) is 9.02. The third kappa shape index (κ3) is 10.0. The molecule has 4 aromatic rings. The first kappa shape index (κ1) is 38.1. The number of hydrogen-bond acceptors (Lipinski definition) is 9. The number of hydrogen-bond donors (Lipinski definition) is 4. The van der Waals surface area contributed by atoms with E-state index < -0.39 is 41.8 Å². The molecule has 0 saturated carbocycles. The second-order valence-electron chi connectivity index (χ2n) is 13.1. The molecule has 1 aliphatic rings. The molecular weight excluding hydrogens is 680 g/mol. The fourth-order valence-electron chi connectivity index (χ4n) is 6.22. The highest BCUT2D eigenvalue weighted by Gasteiger charge is 2.30. The Morgan fingerprint density at radius 3 is 2.06 bits per heavy atom. The number of ketones is 1. The summed E-state index contributed by atoms with van der Waals surface area (Å²) in [4.78, 5) is 81.3. The van der Waals surface area contributed by atoms with Gasteiger partial charge in [-0.2, -0.15) is 5.10 Å². The van der Waals surface area contributed by atoms with E-state index in [1.807, 2.05) is 60.7 Å². The molecule has 5 rings (SSSR count). The molecule has 15 nitrogen and oxygen atoms in total. The Morgan fingerprint density at radius 2 is 1.45 bits per heavy atom. The molecule has 15 heteroatoms. The van der Waals surface area contributed by atoms with Crippen LogP contribution in [0.5, 0.6) is 0 Å². The Hall–Kier alpha value is -6.12. The number of rotatable bonds is 8. The summed E-state index contributed by atoms with van der Waals surface area (Å²) in [6, 6.07) is 16.5. The number of nitrogens with one attached hydrogen (secondary N) is 4. The molecular formula is C38H44N8O7. The molecule has 0 fully saturated rings. The zero-order valence-corrected chi connectivity index (χ0v) is 30.2. The molecule has 2 aromatic carbocycles. The lowest BCUT2D eigenvalue weighted by Crippen LogP contribution is -2.57. The smallest absolute Gasteiger partial charge is 0.274 e. The van der Waals surface area contributed by atoms with E-state index >= 15 is 0 Å². The number of fused-ring (bicyclic) bond motifs is 2.